The number of anilines is 1. The summed E-state index contributed by atoms with van der Waals surface area (Å²) in [5, 5.41) is 12.5. The van der Waals surface area contributed by atoms with Crippen molar-refractivity contribution in [3.05, 3.63) is 29.8 Å². The third kappa shape index (κ3) is 3.49. The molecule has 100 valence electrons. The maximum Gasteiger partial charge on any atom is 0.0471 e. The van der Waals surface area contributed by atoms with Crippen molar-refractivity contribution in [1.82, 2.24) is 0 Å². The highest BCUT2D eigenvalue weighted by molar-refractivity contribution is 5.45. The molecule has 3 unspecified atom stereocenters. The molecule has 0 aliphatic heterocycles. The van der Waals surface area contributed by atoms with Crippen molar-refractivity contribution in [3.8, 4) is 0 Å². The SMILES string of the molecule is CC1CCC(Nc2ccc(CCO)cc2)CC1C. The third-order valence-electron chi connectivity index (χ3n) is 4.32. The summed E-state index contributed by atoms with van der Waals surface area (Å²) in [6.45, 7) is 4.96. The van der Waals surface area contributed by atoms with Crippen LogP contribution >= 0.6 is 0 Å². The number of hydrogen-bond acceptors (Lipinski definition) is 2. The number of benzene rings is 1. The summed E-state index contributed by atoms with van der Waals surface area (Å²) in [7, 11) is 0. The number of nitrogens with one attached hydrogen (secondary N) is 1. The van der Waals surface area contributed by atoms with E-state index >= 15 is 0 Å². The average molecular weight is 247 g/mol. The van der Waals surface area contributed by atoms with Gasteiger partial charge in [-0.1, -0.05) is 26.0 Å². The highest BCUT2D eigenvalue weighted by atomic mass is 16.2. The van der Waals surface area contributed by atoms with Crippen molar-refractivity contribution < 1.29 is 5.11 Å². The van der Waals surface area contributed by atoms with Gasteiger partial charge in [-0.25, -0.2) is 0 Å². The van der Waals surface area contributed by atoms with Crippen LogP contribution in [0, 0.1) is 11.8 Å². The van der Waals surface area contributed by atoms with Crippen molar-refractivity contribution >= 4 is 5.69 Å². The van der Waals surface area contributed by atoms with Gasteiger partial charge in [0, 0.05) is 18.3 Å². The van der Waals surface area contributed by atoms with E-state index in [0.717, 1.165) is 18.3 Å². The molecule has 2 N–H and O–H groups in total. The Kier molecular flexibility index (Phi) is 4.65. The molecule has 0 saturated heterocycles. The molecule has 1 aliphatic rings. The fraction of sp³-hybridized carbons (Fsp3) is 0.625. The van der Waals surface area contributed by atoms with Crippen LogP contribution in [0.5, 0.6) is 0 Å². The first-order valence-electron chi connectivity index (χ1n) is 7.15. The summed E-state index contributed by atoms with van der Waals surface area (Å²) in [6, 6.07) is 9.10. The molecule has 1 fully saturated rings. The second kappa shape index (κ2) is 6.24. The van der Waals surface area contributed by atoms with Gasteiger partial charge in [0.1, 0.15) is 0 Å². The van der Waals surface area contributed by atoms with Crippen molar-refractivity contribution in [2.45, 2.75) is 45.6 Å². The van der Waals surface area contributed by atoms with Gasteiger partial charge in [0.05, 0.1) is 0 Å². The van der Waals surface area contributed by atoms with Gasteiger partial charge < -0.3 is 10.4 Å². The van der Waals surface area contributed by atoms with Crippen LogP contribution in [0.4, 0.5) is 5.69 Å². The molecule has 1 aromatic carbocycles. The Labute approximate surface area is 110 Å². The average Bonchev–Trinajstić information content (AvgIpc) is 2.37. The smallest absolute Gasteiger partial charge is 0.0471 e. The molecular weight excluding hydrogens is 222 g/mol. The third-order valence-corrected chi connectivity index (χ3v) is 4.32. The van der Waals surface area contributed by atoms with E-state index in [2.05, 4.69) is 43.4 Å². The molecule has 1 saturated carbocycles. The minimum atomic E-state index is 0.227. The molecule has 0 aromatic heterocycles. The van der Waals surface area contributed by atoms with Crippen LogP contribution in [0.25, 0.3) is 0 Å². The van der Waals surface area contributed by atoms with Crippen LogP contribution in [-0.2, 0) is 6.42 Å². The van der Waals surface area contributed by atoms with E-state index in [-0.39, 0.29) is 6.61 Å². The van der Waals surface area contributed by atoms with Crippen molar-refractivity contribution in [2.75, 3.05) is 11.9 Å². The summed E-state index contributed by atoms with van der Waals surface area (Å²) in [5.74, 6) is 1.69. The molecule has 18 heavy (non-hydrogen) atoms. The van der Waals surface area contributed by atoms with E-state index in [0.29, 0.717) is 6.04 Å². The Morgan fingerprint density at radius 3 is 2.44 bits per heavy atom. The van der Waals surface area contributed by atoms with E-state index in [1.165, 1.54) is 30.5 Å². The highest BCUT2D eigenvalue weighted by Gasteiger charge is 2.24. The summed E-state index contributed by atoms with van der Waals surface area (Å²) in [4.78, 5) is 0. The lowest BCUT2D eigenvalue weighted by Gasteiger charge is -2.33. The number of rotatable bonds is 4. The quantitative estimate of drug-likeness (QED) is 0.854. The Hall–Kier alpha value is -1.02. The number of aliphatic hydroxyl groups excluding tert-OH is 1. The highest BCUT2D eigenvalue weighted by Crippen LogP contribution is 2.31. The first-order chi connectivity index (χ1) is 8.69. The normalized spacial score (nSPS) is 28.1. The molecular formula is C16H25NO. The lowest BCUT2D eigenvalue weighted by molar-refractivity contribution is 0.261. The summed E-state index contributed by atoms with van der Waals surface area (Å²) in [6.07, 6.45) is 4.64. The van der Waals surface area contributed by atoms with Crippen LogP contribution in [0.2, 0.25) is 0 Å². The van der Waals surface area contributed by atoms with Gasteiger partial charge in [-0.3, -0.25) is 0 Å². The topological polar surface area (TPSA) is 32.3 Å². The van der Waals surface area contributed by atoms with Crippen LogP contribution in [0.1, 0.15) is 38.7 Å². The first-order valence-corrected chi connectivity index (χ1v) is 7.15. The second-order valence-corrected chi connectivity index (χ2v) is 5.78. The largest absolute Gasteiger partial charge is 0.396 e. The molecule has 3 atom stereocenters. The zero-order chi connectivity index (χ0) is 13.0. The lowest BCUT2D eigenvalue weighted by Crippen LogP contribution is -2.30. The van der Waals surface area contributed by atoms with Gasteiger partial charge in [0.15, 0.2) is 0 Å². The molecule has 0 heterocycles. The molecule has 2 heteroatoms. The molecule has 0 radical (unpaired) electrons. The fourth-order valence-electron chi connectivity index (χ4n) is 2.81. The summed E-state index contributed by atoms with van der Waals surface area (Å²) in [5.41, 5.74) is 2.41. The Morgan fingerprint density at radius 1 is 1.11 bits per heavy atom. The summed E-state index contributed by atoms with van der Waals surface area (Å²) >= 11 is 0. The van der Waals surface area contributed by atoms with Gasteiger partial charge in [0.2, 0.25) is 0 Å². The minimum Gasteiger partial charge on any atom is -0.396 e. The summed E-state index contributed by atoms with van der Waals surface area (Å²) < 4.78 is 0. The monoisotopic (exact) mass is 247 g/mol. The van der Waals surface area contributed by atoms with Gasteiger partial charge in [-0.15, -0.1) is 0 Å². The van der Waals surface area contributed by atoms with Crippen molar-refractivity contribution in [2.24, 2.45) is 11.8 Å². The Morgan fingerprint density at radius 2 is 1.83 bits per heavy atom. The minimum absolute atomic E-state index is 0.227. The standard InChI is InChI=1S/C16H25NO/c1-12-3-6-16(11-13(12)2)17-15-7-4-14(5-8-15)9-10-18/h4-5,7-8,12-13,16-18H,3,6,9-11H2,1-2H3. The predicted molar refractivity (Wildman–Crippen MR) is 76.8 cm³/mol. The molecule has 2 rings (SSSR count). The van der Waals surface area contributed by atoms with Gasteiger partial charge in [-0.2, -0.15) is 0 Å². The van der Waals surface area contributed by atoms with Gasteiger partial charge >= 0.3 is 0 Å². The van der Waals surface area contributed by atoms with Crippen LogP contribution < -0.4 is 5.32 Å². The van der Waals surface area contributed by atoms with Gasteiger partial charge in [0.25, 0.3) is 0 Å². The molecule has 0 amide bonds. The van der Waals surface area contributed by atoms with Crippen molar-refractivity contribution in [1.29, 1.82) is 0 Å². The van der Waals surface area contributed by atoms with E-state index in [4.69, 9.17) is 5.11 Å². The van der Waals surface area contributed by atoms with E-state index in [9.17, 15) is 0 Å². The van der Waals surface area contributed by atoms with E-state index in [1.807, 2.05) is 0 Å². The number of aliphatic hydroxyl groups is 1. The lowest BCUT2D eigenvalue weighted by atomic mass is 9.79. The first kappa shape index (κ1) is 13.4. The van der Waals surface area contributed by atoms with Gasteiger partial charge in [-0.05, 0) is 55.2 Å². The molecule has 0 bridgehead atoms. The predicted octanol–water partition coefficient (Wildman–Crippen LogP) is 3.46. The molecule has 2 nitrogen and oxygen atoms in total. The Bertz CT molecular complexity index is 360. The van der Waals surface area contributed by atoms with E-state index in [1.54, 1.807) is 0 Å². The maximum absolute atomic E-state index is 8.89. The van der Waals surface area contributed by atoms with E-state index < -0.39 is 0 Å². The van der Waals surface area contributed by atoms with Crippen LogP contribution in [-0.4, -0.2) is 17.8 Å². The number of hydrogen-bond donors (Lipinski definition) is 2. The molecule has 1 aromatic rings. The van der Waals surface area contributed by atoms with Crippen molar-refractivity contribution in [3.63, 3.8) is 0 Å². The van der Waals surface area contributed by atoms with Crippen LogP contribution in [0.3, 0.4) is 0 Å². The molecule has 0 spiro atoms. The molecule has 1 aliphatic carbocycles. The fourth-order valence-corrected chi connectivity index (χ4v) is 2.81. The Balaban J connectivity index is 1.89. The zero-order valence-electron chi connectivity index (χ0n) is 11.5. The van der Waals surface area contributed by atoms with Crippen LogP contribution in [0.15, 0.2) is 24.3 Å². The zero-order valence-corrected chi connectivity index (χ0v) is 11.5. The maximum atomic E-state index is 8.89. The second-order valence-electron chi connectivity index (χ2n) is 5.78.